The van der Waals surface area contributed by atoms with Crippen molar-refractivity contribution in [2.24, 2.45) is 0 Å². The van der Waals surface area contributed by atoms with Crippen LogP contribution in [0.15, 0.2) is 0 Å². The van der Waals surface area contributed by atoms with Gasteiger partial charge in [-0.05, 0) is 25.7 Å². The van der Waals surface area contributed by atoms with Crippen LogP contribution in [-0.4, -0.2) is 47.4 Å². The first kappa shape index (κ1) is 76.9. The third kappa shape index (κ3) is 64.0. The van der Waals surface area contributed by atoms with Crippen LogP contribution in [0.1, 0.15) is 425 Å². The van der Waals surface area contributed by atoms with Crippen LogP contribution in [0.3, 0.4) is 0 Å². The Labute approximate surface area is 489 Å². The van der Waals surface area contributed by atoms with Crippen LogP contribution in [0, 0.1) is 0 Å². The molecular formula is C72H143NO5. The minimum atomic E-state index is -0.665. The number of ether oxygens (including phenoxy) is 1. The average Bonchev–Trinajstić information content (AvgIpc) is 3.44. The molecule has 0 fully saturated rings. The van der Waals surface area contributed by atoms with E-state index in [0.29, 0.717) is 25.9 Å². The summed E-state index contributed by atoms with van der Waals surface area (Å²) in [5.41, 5.74) is 0. The van der Waals surface area contributed by atoms with E-state index in [1.54, 1.807) is 0 Å². The molecule has 2 atom stereocenters. The van der Waals surface area contributed by atoms with Gasteiger partial charge in [0.2, 0.25) is 5.91 Å². The monoisotopic (exact) mass is 1100 g/mol. The van der Waals surface area contributed by atoms with Crippen molar-refractivity contribution in [3.05, 3.63) is 0 Å². The van der Waals surface area contributed by atoms with Gasteiger partial charge in [0, 0.05) is 12.8 Å². The Balaban J connectivity index is 3.36. The van der Waals surface area contributed by atoms with Crippen LogP contribution in [0.4, 0.5) is 0 Å². The molecule has 0 heterocycles. The molecular weight excluding hydrogens is 959 g/mol. The largest absolute Gasteiger partial charge is 0.466 e. The van der Waals surface area contributed by atoms with Crippen LogP contribution in [0.2, 0.25) is 0 Å². The summed E-state index contributed by atoms with van der Waals surface area (Å²) in [5, 5.41) is 23.4. The molecule has 6 heteroatoms. The standard InChI is InChI=1S/C72H143NO5/c1-3-5-7-9-11-13-15-17-19-21-22-23-24-26-29-33-36-40-44-48-52-56-60-64-70(75)69(68-74)73-71(76)65-61-57-53-49-45-41-37-34-30-27-25-28-31-35-39-43-47-51-55-59-63-67-78-72(77)66-62-58-54-50-46-42-38-32-20-18-16-14-12-10-8-6-4-2/h69-70,74-75H,3-68H2,1-2H3,(H,73,76). The van der Waals surface area contributed by atoms with Crippen molar-refractivity contribution in [1.29, 1.82) is 0 Å². The number of carbonyl (C=O) groups is 2. The number of esters is 1. The lowest BCUT2D eigenvalue weighted by Crippen LogP contribution is -2.45. The minimum absolute atomic E-state index is 0.0177. The topological polar surface area (TPSA) is 95.9 Å². The summed E-state index contributed by atoms with van der Waals surface area (Å²) in [6.07, 6.45) is 82.9. The summed E-state index contributed by atoms with van der Waals surface area (Å²) in [7, 11) is 0. The number of unbranched alkanes of at least 4 members (excludes halogenated alkanes) is 58. The maximum Gasteiger partial charge on any atom is 0.305 e. The van der Waals surface area contributed by atoms with E-state index in [1.807, 2.05) is 0 Å². The van der Waals surface area contributed by atoms with Crippen molar-refractivity contribution in [3.63, 3.8) is 0 Å². The average molecular weight is 1100 g/mol. The van der Waals surface area contributed by atoms with Crippen LogP contribution in [0.5, 0.6) is 0 Å². The molecule has 6 nitrogen and oxygen atoms in total. The van der Waals surface area contributed by atoms with Crippen molar-refractivity contribution >= 4 is 11.9 Å². The second kappa shape index (κ2) is 68.4. The summed E-state index contributed by atoms with van der Waals surface area (Å²) in [5.74, 6) is -0.0122. The number of hydrogen-bond donors (Lipinski definition) is 3. The van der Waals surface area contributed by atoms with Gasteiger partial charge in [-0.2, -0.15) is 0 Å². The van der Waals surface area contributed by atoms with Gasteiger partial charge >= 0.3 is 5.97 Å². The molecule has 0 bridgehead atoms. The summed E-state index contributed by atoms with van der Waals surface area (Å²) in [4.78, 5) is 24.7. The van der Waals surface area contributed by atoms with E-state index in [1.165, 1.54) is 353 Å². The number of rotatable bonds is 69. The second-order valence-electron chi connectivity index (χ2n) is 25.3. The van der Waals surface area contributed by atoms with Crippen molar-refractivity contribution in [1.82, 2.24) is 5.32 Å². The molecule has 78 heavy (non-hydrogen) atoms. The maximum absolute atomic E-state index is 12.6. The lowest BCUT2D eigenvalue weighted by Gasteiger charge is -2.22. The van der Waals surface area contributed by atoms with E-state index in [9.17, 15) is 19.8 Å². The molecule has 0 aromatic heterocycles. The van der Waals surface area contributed by atoms with Crippen molar-refractivity contribution in [2.75, 3.05) is 13.2 Å². The number of nitrogens with one attached hydrogen (secondary N) is 1. The number of amides is 1. The lowest BCUT2D eigenvalue weighted by molar-refractivity contribution is -0.143. The Morgan fingerprint density at radius 1 is 0.308 bits per heavy atom. The first-order chi connectivity index (χ1) is 38.5. The highest BCUT2D eigenvalue weighted by Crippen LogP contribution is 2.20. The number of hydrogen-bond acceptors (Lipinski definition) is 5. The molecule has 2 unspecified atom stereocenters. The molecule has 0 aromatic carbocycles. The van der Waals surface area contributed by atoms with E-state index in [4.69, 9.17) is 4.74 Å². The zero-order valence-corrected chi connectivity index (χ0v) is 53.4. The SMILES string of the molecule is CCCCCCCCCCCCCCCCCCCCCCCCCC(O)C(CO)NC(=O)CCCCCCCCCCCCCCCCCCCCCCCOC(=O)CCCCCCCCCCCCCCCCCCC. The molecule has 0 aliphatic heterocycles. The normalized spacial score (nSPS) is 12.4. The van der Waals surface area contributed by atoms with Gasteiger partial charge in [0.15, 0.2) is 0 Å². The van der Waals surface area contributed by atoms with Gasteiger partial charge in [-0.15, -0.1) is 0 Å². The van der Waals surface area contributed by atoms with Gasteiger partial charge in [0.1, 0.15) is 0 Å². The molecule has 0 saturated carbocycles. The molecule has 0 radical (unpaired) electrons. The fourth-order valence-electron chi connectivity index (χ4n) is 11.9. The fraction of sp³-hybridized carbons (Fsp3) is 0.972. The summed E-state index contributed by atoms with van der Waals surface area (Å²) < 4.78 is 5.51. The Hall–Kier alpha value is -1.14. The molecule has 466 valence electrons. The highest BCUT2D eigenvalue weighted by atomic mass is 16.5. The van der Waals surface area contributed by atoms with E-state index in [2.05, 4.69) is 19.2 Å². The van der Waals surface area contributed by atoms with Crippen LogP contribution < -0.4 is 5.32 Å². The maximum atomic E-state index is 12.6. The highest BCUT2D eigenvalue weighted by Gasteiger charge is 2.20. The highest BCUT2D eigenvalue weighted by molar-refractivity contribution is 5.76. The molecule has 0 saturated heterocycles. The summed E-state index contributed by atoms with van der Waals surface area (Å²) in [6.45, 7) is 5.01. The van der Waals surface area contributed by atoms with Crippen LogP contribution in [-0.2, 0) is 14.3 Å². The Bertz CT molecular complexity index is 1130. The van der Waals surface area contributed by atoms with Crippen LogP contribution in [0.25, 0.3) is 0 Å². The fourth-order valence-corrected chi connectivity index (χ4v) is 11.9. The van der Waals surface area contributed by atoms with Crippen molar-refractivity contribution in [2.45, 2.75) is 437 Å². The second-order valence-corrected chi connectivity index (χ2v) is 25.3. The number of aliphatic hydroxyl groups excluding tert-OH is 2. The summed E-state index contributed by atoms with van der Waals surface area (Å²) >= 11 is 0. The van der Waals surface area contributed by atoms with E-state index < -0.39 is 12.1 Å². The molecule has 0 spiro atoms. The van der Waals surface area contributed by atoms with Crippen molar-refractivity contribution in [3.8, 4) is 0 Å². The smallest absolute Gasteiger partial charge is 0.305 e. The molecule has 3 N–H and O–H groups in total. The van der Waals surface area contributed by atoms with Gasteiger partial charge in [-0.3, -0.25) is 9.59 Å². The van der Waals surface area contributed by atoms with E-state index in [0.717, 1.165) is 38.5 Å². The van der Waals surface area contributed by atoms with Gasteiger partial charge in [0.25, 0.3) is 0 Å². The Kier molecular flexibility index (Phi) is 67.4. The number of carbonyl (C=O) groups excluding carboxylic acids is 2. The minimum Gasteiger partial charge on any atom is -0.466 e. The van der Waals surface area contributed by atoms with Gasteiger partial charge < -0.3 is 20.3 Å². The van der Waals surface area contributed by atoms with Crippen molar-refractivity contribution < 1.29 is 24.5 Å². The predicted molar refractivity (Wildman–Crippen MR) is 343 cm³/mol. The van der Waals surface area contributed by atoms with Gasteiger partial charge in [0.05, 0.1) is 25.4 Å². The third-order valence-electron chi connectivity index (χ3n) is 17.4. The summed E-state index contributed by atoms with van der Waals surface area (Å²) in [6, 6.07) is -0.542. The van der Waals surface area contributed by atoms with Crippen LogP contribution >= 0.6 is 0 Å². The molecule has 0 rings (SSSR count). The first-order valence-corrected chi connectivity index (χ1v) is 36.3. The van der Waals surface area contributed by atoms with E-state index >= 15 is 0 Å². The third-order valence-corrected chi connectivity index (χ3v) is 17.4. The zero-order valence-electron chi connectivity index (χ0n) is 53.4. The quantitative estimate of drug-likeness (QED) is 0.0417. The lowest BCUT2D eigenvalue weighted by atomic mass is 10.0. The molecule has 0 aliphatic rings. The number of aliphatic hydroxyl groups is 2. The molecule has 0 aromatic rings. The molecule has 1 amide bonds. The predicted octanol–water partition coefficient (Wildman–Crippen LogP) is 23.4. The first-order valence-electron chi connectivity index (χ1n) is 36.3. The van der Waals surface area contributed by atoms with E-state index in [-0.39, 0.29) is 18.5 Å². The molecule has 0 aliphatic carbocycles. The van der Waals surface area contributed by atoms with Gasteiger partial charge in [-0.1, -0.05) is 386 Å². The Morgan fingerprint density at radius 3 is 0.782 bits per heavy atom. The zero-order chi connectivity index (χ0) is 56.4. The Morgan fingerprint density at radius 2 is 0.526 bits per heavy atom. The van der Waals surface area contributed by atoms with Gasteiger partial charge in [-0.25, -0.2) is 0 Å².